The van der Waals surface area contributed by atoms with E-state index in [1.54, 1.807) is 18.2 Å². The van der Waals surface area contributed by atoms with Crippen molar-refractivity contribution in [1.82, 2.24) is 0 Å². The van der Waals surface area contributed by atoms with E-state index < -0.39 is 9.84 Å². The molecule has 0 aromatic heterocycles. The molecule has 0 heterocycles. The third-order valence-corrected chi connectivity index (χ3v) is 3.21. The lowest BCUT2D eigenvalue weighted by atomic mass is 10.3. The highest BCUT2D eigenvalue weighted by molar-refractivity contribution is 7.90. The van der Waals surface area contributed by atoms with Gasteiger partial charge in [0.05, 0.1) is 17.4 Å². The van der Waals surface area contributed by atoms with Gasteiger partial charge in [0.25, 0.3) is 0 Å². The summed E-state index contributed by atoms with van der Waals surface area (Å²) in [5, 5.41) is 0.466. The predicted octanol–water partition coefficient (Wildman–Crippen LogP) is 1.74. The number of halogens is 1. The first kappa shape index (κ1) is 13.1. The number of benzene rings is 1. The van der Waals surface area contributed by atoms with Crippen LogP contribution in [0.3, 0.4) is 0 Å². The average molecular weight is 264 g/mol. The molecule has 0 amide bonds. The molecule has 0 fully saturated rings. The molecule has 1 rings (SSSR count). The summed E-state index contributed by atoms with van der Waals surface area (Å²) in [6.07, 6.45) is 1.63. The molecule has 16 heavy (non-hydrogen) atoms. The van der Waals surface area contributed by atoms with Gasteiger partial charge < -0.3 is 10.5 Å². The van der Waals surface area contributed by atoms with Crippen LogP contribution in [0.2, 0.25) is 5.02 Å². The van der Waals surface area contributed by atoms with Crippen LogP contribution in [0.4, 0.5) is 5.69 Å². The van der Waals surface area contributed by atoms with Crippen LogP contribution in [0.15, 0.2) is 18.2 Å². The van der Waals surface area contributed by atoms with Crippen LogP contribution >= 0.6 is 11.6 Å². The summed E-state index contributed by atoms with van der Waals surface area (Å²) in [7, 11) is -2.93. The van der Waals surface area contributed by atoms with Crippen LogP contribution in [-0.4, -0.2) is 27.0 Å². The van der Waals surface area contributed by atoms with E-state index in [4.69, 9.17) is 22.1 Å². The molecule has 0 bridgehead atoms. The van der Waals surface area contributed by atoms with Crippen molar-refractivity contribution in [2.75, 3.05) is 24.3 Å². The van der Waals surface area contributed by atoms with Crippen LogP contribution in [0, 0.1) is 0 Å². The Bertz CT molecular complexity index is 459. The summed E-state index contributed by atoms with van der Waals surface area (Å²) < 4.78 is 27.1. The molecular weight excluding hydrogens is 250 g/mol. The lowest BCUT2D eigenvalue weighted by Gasteiger charge is -2.08. The van der Waals surface area contributed by atoms with Gasteiger partial charge in [0.1, 0.15) is 15.6 Å². The molecule has 0 radical (unpaired) electrons. The highest BCUT2D eigenvalue weighted by atomic mass is 35.5. The molecule has 0 aliphatic rings. The molecule has 1 aromatic carbocycles. The summed E-state index contributed by atoms with van der Waals surface area (Å²) in [5.74, 6) is 0.586. The largest absolute Gasteiger partial charge is 0.492 e. The molecule has 0 atom stereocenters. The smallest absolute Gasteiger partial charge is 0.147 e. The zero-order chi connectivity index (χ0) is 12.2. The van der Waals surface area contributed by atoms with E-state index in [2.05, 4.69) is 0 Å². The molecule has 1 aromatic rings. The number of sulfone groups is 1. The molecule has 2 N–H and O–H groups in total. The number of ether oxygens (including phenoxy) is 1. The Morgan fingerprint density at radius 1 is 1.44 bits per heavy atom. The molecule has 0 aliphatic heterocycles. The lowest BCUT2D eigenvalue weighted by Crippen LogP contribution is -2.08. The summed E-state index contributed by atoms with van der Waals surface area (Å²) in [4.78, 5) is 0. The Morgan fingerprint density at radius 2 is 2.12 bits per heavy atom. The number of hydrogen-bond donors (Lipinski definition) is 1. The molecule has 4 nitrogen and oxygen atoms in total. The maximum Gasteiger partial charge on any atom is 0.147 e. The van der Waals surface area contributed by atoms with Gasteiger partial charge in [0.15, 0.2) is 0 Å². The van der Waals surface area contributed by atoms with E-state index in [1.807, 2.05) is 0 Å². The highest BCUT2D eigenvalue weighted by Crippen LogP contribution is 2.26. The minimum atomic E-state index is -2.93. The molecular formula is C10H14ClNO3S. The van der Waals surface area contributed by atoms with Gasteiger partial charge >= 0.3 is 0 Å². The van der Waals surface area contributed by atoms with E-state index in [1.165, 1.54) is 6.26 Å². The van der Waals surface area contributed by atoms with Crippen molar-refractivity contribution in [3.05, 3.63) is 23.2 Å². The Labute approximate surface area is 100 Å². The topological polar surface area (TPSA) is 69.4 Å². The van der Waals surface area contributed by atoms with Crippen molar-refractivity contribution >= 4 is 27.1 Å². The minimum Gasteiger partial charge on any atom is -0.492 e. The second-order valence-corrected chi connectivity index (χ2v) is 6.19. The quantitative estimate of drug-likeness (QED) is 0.649. The standard InChI is InChI=1S/C10H14ClNO3S/c1-16(13,14)6-2-5-15-10-7-8(12)3-4-9(10)11/h3-4,7H,2,5-6,12H2,1H3. The molecule has 0 saturated carbocycles. The normalized spacial score (nSPS) is 11.4. The maximum atomic E-state index is 10.9. The Hall–Kier alpha value is -0.940. The average Bonchev–Trinajstić information content (AvgIpc) is 2.16. The zero-order valence-corrected chi connectivity index (χ0v) is 10.5. The fraction of sp³-hybridized carbons (Fsp3) is 0.400. The van der Waals surface area contributed by atoms with E-state index in [0.717, 1.165) is 0 Å². The van der Waals surface area contributed by atoms with Gasteiger partial charge in [-0.1, -0.05) is 11.6 Å². The molecule has 0 saturated heterocycles. The number of nitrogens with two attached hydrogens (primary N) is 1. The van der Waals surface area contributed by atoms with Gasteiger partial charge in [-0.2, -0.15) is 0 Å². The summed E-state index contributed by atoms with van der Waals surface area (Å²) in [6.45, 7) is 0.302. The SMILES string of the molecule is CS(=O)(=O)CCCOc1cc(N)ccc1Cl. The van der Waals surface area contributed by atoms with E-state index in [9.17, 15) is 8.42 Å². The number of anilines is 1. The first-order valence-electron chi connectivity index (χ1n) is 4.74. The number of rotatable bonds is 5. The second-order valence-electron chi connectivity index (χ2n) is 3.52. The summed E-state index contributed by atoms with van der Waals surface area (Å²) >= 11 is 5.87. The van der Waals surface area contributed by atoms with Gasteiger partial charge in [-0.25, -0.2) is 8.42 Å². The Morgan fingerprint density at radius 3 is 2.75 bits per heavy atom. The fourth-order valence-corrected chi connectivity index (χ4v) is 1.95. The van der Waals surface area contributed by atoms with Gasteiger partial charge in [0, 0.05) is 18.0 Å². The molecule has 90 valence electrons. The van der Waals surface area contributed by atoms with E-state index in [-0.39, 0.29) is 5.75 Å². The highest BCUT2D eigenvalue weighted by Gasteiger charge is 2.04. The van der Waals surface area contributed by atoms with Crippen molar-refractivity contribution in [1.29, 1.82) is 0 Å². The van der Waals surface area contributed by atoms with Crippen LogP contribution in [0.25, 0.3) is 0 Å². The van der Waals surface area contributed by atoms with Crippen molar-refractivity contribution in [2.45, 2.75) is 6.42 Å². The first-order chi connectivity index (χ1) is 7.38. The van der Waals surface area contributed by atoms with Crippen LogP contribution in [-0.2, 0) is 9.84 Å². The van der Waals surface area contributed by atoms with Gasteiger partial charge in [-0.05, 0) is 18.6 Å². The molecule has 6 heteroatoms. The molecule has 0 aliphatic carbocycles. The zero-order valence-electron chi connectivity index (χ0n) is 8.94. The Balaban J connectivity index is 2.46. The second kappa shape index (κ2) is 5.41. The van der Waals surface area contributed by atoms with Gasteiger partial charge in [0.2, 0.25) is 0 Å². The maximum absolute atomic E-state index is 10.9. The van der Waals surface area contributed by atoms with Crippen LogP contribution < -0.4 is 10.5 Å². The first-order valence-corrected chi connectivity index (χ1v) is 7.18. The van der Waals surface area contributed by atoms with Crippen molar-refractivity contribution < 1.29 is 13.2 Å². The lowest BCUT2D eigenvalue weighted by molar-refractivity contribution is 0.318. The van der Waals surface area contributed by atoms with Crippen LogP contribution in [0.1, 0.15) is 6.42 Å². The monoisotopic (exact) mass is 263 g/mol. The van der Waals surface area contributed by atoms with Crippen molar-refractivity contribution in [2.24, 2.45) is 0 Å². The fourth-order valence-electron chi connectivity index (χ4n) is 1.13. The third-order valence-electron chi connectivity index (χ3n) is 1.87. The third kappa shape index (κ3) is 4.72. The van der Waals surface area contributed by atoms with Crippen molar-refractivity contribution in [3.8, 4) is 5.75 Å². The van der Waals surface area contributed by atoms with E-state index in [0.29, 0.717) is 29.5 Å². The van der Waals surface area contributed by atoms with Crippen LogP contribution in [0.5, 0.6) is 5.75 Å². The van der Waals surface area contributed by atoms with Crippen molar-refractivity contribution in [3.63, 3.8) is 0 Å². The number of hydrogen-bond acceptors (Lipinski definition) is 4. The summed E-state index contributed by atoms with van der Waals surface area (Å²) in [6, 6.07) is 4.93. The predicted molar refractivity (Wildman–Crippen MR) is 65.7 cm³/mol. The minimum absolute atomic E-state index is 0.104. The van der Waals surface area contributed by atoms with E-state index >= 15 is 0 Å². The molecule has 0 spiro atoms. The number of nitrogen functional groups attached to an aromatic ring is 1. The molecule has 0 unspecified atom stereocenters. The van der Waals surface area contributed by atoms with Gasteiger partial charge in [-0.15, -0.1) is 0 Å². The Kier molecular flexibility index (Phi) is 4.44. The summed E-state index contributed by atoms with van der Waals surface area (Å²) in [5.41, 5.74) is 6.12. The van der Waals surface area contributed by atoms with Gasteiger partial charge in [-0.3, -0.25) is 0 Å².